The second kappa shape index (κ2) is 7.58. The molecule has 0 saturated heterocycles. The zero-order valence-electron chi connectivity index (χ0n) is 11.2. The van der Waals surface area contributed by atoms with Crippen molar-refractivity contribution in [1.82, 2.24) is 0 Å². The maximum Gasteiger partial charge on any atom is 0.338 e. The highest BCUT2D eigenvalue weighted by Gasteiger charge is 2.11. The molecule has 1 rings (SSSR count). The third kappa shape index (κ3) is 3.95. The minimum Gasteiger partial charge on any atom is -0.493 e. The summed E-state index contributed by atoms with van der Waals surface area (Å²) in [5.41, 5.74) is 0.482. The summed E-state index contributed by atoms with van der Waals surface area (Å²) in [5.74, 6) is 0.863. The predicted molar refractivity (Wildman–Crippen MR) is 69.4 cm³/mol. The summed E-state index contributed by atoms with van der Waals surface area (Å²) in [4.78, 5) is 11.7. The van der Waals surface area contributed by atoms with Crippen LogP contribution in [0.4, 0.5) is 0 Å². The first-order chi connectivity index (χ1) is 8.72. The number of carbonyl (C=O) groups is 1. The average Bonchev–Trinajstić information content (AvgIpc) is 2.42. The summed E-state index contributed by atoms with van der Waals surface area (Å²) in [6.45, 7) is 4.99. The highest BCUT2D eigenvalue weighted by atomic mass is 16.5. The summed E-state index contributed by atoms with van der Waals surface area (Å²) in [6, 6.07) is 5.05. The number of benzene rings is 1. The number of hydrogen-bond acceptors (Lipinski definition) is 4. The molecular formula is C14H20O4. The van der Waals surface area contributed by atoms with Crippen molar-refractivity contribution in [2.45, 2.75) is 26.7 Å². The SMILES string of the molecule is CCCOC(=O)c1ccc(OC)c(OCCC)c1. The van der Waals surface area contributed by atoms with E-state index in [1.165, 1.54) is 0 Å². The fraction of sp³-hybridized carbons (Fsp3) is 0.500. The van der Waals surface area contributed by atoms with Gasteiger partial charge in [0.2, 0.25) is 0 Å². The molecule has 1 aromatic carbocycles. The van der Waals surface area contributed by atoms with Gasteiger partial charge in [0.25, 0.3) is 0 Å². The van der Waals surface area contributed by atoms with Crippen molar-refractivity contribution >= 4 is 5.97 Å². The van der Waals surface area contributed by atoms with Crippen LogP contribution in [0.5, 0.6) is 11.5 Å². The van der Waals surface area contributed by atoms with Crippen molar-refractivity contribution in [2.75, 3.05) is 20.3 Å². The van der Waals surface area contributed by atoms with Crippen LogP contribution >= 0.6 is 0 Å². The van der Waals surface area contributed by atoms with E-state index >= 15 is 0 Å². The van der Waals surface area contributed by atoms with E-state index in [1.54, 1.807) is 25.3 Å². The van der Waals surface area contributed by atoms with Crippen LogP contribution in [0.15, 0.2) is 18.2 Å². The van der Waals surface area contributed by atoms with E-state index in [0.717, 1.165) is 12.8 Å². The lowest BCUT2D eigenvalue weighted by Crippen LogP contribution is -2.07. The number of carbonyl (C=O) groups excluding carboxylic acids is 1. The standard InChI is InChI=1S/C14H20O4/c1-4-8-17-13-10-11(6-7-12(13)16-3)14(15)18-9-5-2/h6-7,10H,4-5,8-9H2,1-3H3. The number of hydrogen-bond donors (Lipinski definition) is 0. The second-order valence-electron chi connectivity index (χ2n) is 3.85. The molecule has 0 aliphatic rings. The number of ether oxygens (including phenoxy) is 3. The molecule has 0 spiro atoms. The van der Waals surface area contributed by atoms with Crippen LogP contribution < -0.4 is 9.47 Å². The monoisotopic (exact) mass is 252 g/mol. The van der Waals surface area contributed by atoms with Gasteiger partial charge in [0.1, 0.15) is 0 Å². The van der Waals surface area contributed by atoms with Crippen molar-refractivity contribution < 1.29 is 19.0 Å². The lowest BCUT2D eigenvalue weighted by atomic mass is 10.2. The molecule has 0 fully saturated rings. The van der Waals surface area contributed by atoms with E-state index in [1.807, 2.05) is 13.8 Å². The first kappa shape index (κ1) is 14.4. The summed E-state index contributed by atoms with van der Waals surface area (Å²) in [6.07, 6.45) is 1.70. The van der Waals surface area contributed by atoms with Crippen LogP contribution in [-0.4, -0.2) is 26.3 Å². The molecule has 0 aliphatic heterocycles. The summed E-state index contributed by atoms with van der Waals surface area (Å²) < 4.78 is 15.8. The van der Waals surface area contributed by atoms with Crippen LogP contribution in [-0.2, 0) is 4.74 Å². The maximum absolute atomic E-state index is 11.7. The number of esters is 1. The highest BCUT2D eigenvalue weighted by molar-refractivity contribution is 5.90. The first-order valence-corrected chi connectivity index (χ1v) is 6.20. The lowest BCUT2D eigenvalue weighted by Gasteiger charge is -2.11. The van der Waals surface area contributed by atoms with Gasteiger partial charge in [-0.25, -0.2) is 4.79 Å². The molecule has 1 aromatic rings. The van der Waals surface area contributed by atoms with Gasteiger partial charge in [0.15, 0.2) is 11.5 Å². The number of rotatable bonds is 7. The predicted octanol–water partition coefficient (Wildman–Crippen LogP) is 3.05. The minimum atomic E-state index is -0.333. The fourth-order valence-corrected chi connectivity index (χ4v) is 1.41. The van der Waals surface area contributed by atoms with Crippen LogP contribution in [0.3, 0.4) is 0 Å². The molecule has 4 heteroatoms. The zero-order valence-corrected chi connectivity index (χ0v) is 11.2. The van der Waals surface area contributed by atoms with Crippen LogP contribution in [0.25, 0.3) is 0 Å². The van der Waals surface area contributed by atoms with Gasteiger partial charge in [-0.2, -0.15) is 0 Å². The summed E-state index contributed by atoms with van der Waals surface area (Å²) >= 11 is 0. The van der Waals surface area contributed by atoms with Crippen LogP contribution in [0.1, 0.15) is 37.0 Å². The van der Waals surface area contributed by atoms with Gasteiger partial charge in [-0.1, -0.05) is 13.8 Å². The van der Waals surface area contributed by atoms with Gasteiger partial charge in [0, 0.05) is 0 Å². The lowest BCUT2D eigenvalue weighted by molar-refractivity contribution is 0.0504. The van der Waals surface area contributed by atoms with E-state index in [4.69, 9.17) is 14.2 Å². The molecule has 0 bridgehead atoms. The molecule has 4 nitrogen and oxygen atoms in total. The van der Waals surface area contributed by atoms with Crippen LogP contribution in [0, 0.1) is 0 Å². The van der Waals surface area contributed by atoms with Crippen molar-refractivity contribution in [2.24, 2.45) is 0 Å². The summed E-state index contributed by atoms with van der Waals surface area (Å²) in [5, 5.41) is 0. The Labute approximate surface area is 108 Å². The molecule has 0 N–H and O–H groups in total. The minimum absolute atomic E-state index is 0.333. The molecule has 0 radical (unpaired) electrons. The molecule has 0 amide bonds. The van der Waals surface area contributed by atoms with E-state index in [9.17, 15) is 4.79 Å². The largest absolute Gasteiger partial charge is 0.493 e. The Morgan fingerprint density at radius 3 is 2.44 bits per heavy atom. The van der Waals surface area contributed by atoms with Crippen molar-refractivity contribution in [3.05, 3.63) is 23.8 Å². The van der Waals surface area contributed by atoms with Gasteiger partial charge >= 0.3 is 5.97 Å². The van der Waals surface area contributed by atoms with Gasteiger partial charge in [-0.3, -0.25) is 0 Å². The van der Waals surface area contributed by atoms with E-state index in [-0.39, 0.29) is 5.97 Å². The van der Waals surface area contributed by atoms with Gasteiger partial charge in [-0.05, 0) is 31.0 Å². The molecule has 18 heavy (non-hydrogen) atoms. The third-order valence-corrected chi connectivity index (χ3v) is 2.30. The Hall–Kier alpha value is -1.71. The van der Waals surface area contributed by atoms with Gasteiger partial charge in [-0.15, -0.1) is 0 Å². The van der Waals surface area contributed by atoms with E-state index in [0.29, 0.717) is 30.3 Å². The van der Waals surface area contributed by atoms with E-state index in [2.05, 4.69) is 0 Å². The van der Waals surface area contributed by atoms with Crippen molar-refractivity contribution in [1.29, 1.82) is 0 Å². The Morgan fingerprint density at radius 2 is 1.83 bits per heavy atom. The average molecular weight is 252 g/mol. The quantitative estimate of drug-likeness (QED) is 0.700. The van der Waals surface area contributed by atoms with Gasteiger partial charge in [0.05, 0.1) is 25.9 Å². The van der Waals surface area contributed by atoms with Gasteiger partial charge < -0.3 is 14.2 Å². The Morgan fingerprint density at radius 1 is 1.11 bits per heavy atom. The molecule has 0 aliphatic carbocycles. The first-order valence-electron chi connectivity index (χ1n) is 6.20. The molecule has 0 saturated carbocycles. The van der Waals surface area contributed by atoms with Crippen molar-refractivity contribution in [3.63, 3.8) is 0 Å². The molecule has 0 atom stereocenters. The Balaban J connectivity index is 2.84. The third-order valence-electron chi connectivity index (χ3n) is 2.30. The molecule has 0 heterocycles. The fourth-order valence-electron chi connectivity index (χ4n) is 1.41. The molecule has 100 valence electrons. The molecular weight excluding hydrogens is 232 g/mol. The van der Waals surface area contributed by atoms with Crippen LogP contribution in [0.2, 0.25) is 0 Å². The molecule has 0 unspecified atom stereocenters. The van der Waals surface area contributed by atoms with Crippen molar-refractivity contribution in [3.8, 4) is 11.5 Å². The second-order valence-corrected chi connectivity index (χ2v) is 3.85. The topological polar surface area (TPSA) is 44.8 Å². The smallest absolute Gasteiger partial charge is 0.338 e. The molecule has 0 aromatic heterocycles. The maximum atomic E-state index is 11.7. The highest BCUT2D eigenvalue weighted by Crippen LogP contribution is 2.28. The summed E-state index contributed by atoms with van der Waals surface area (Å²) in [7, 11) is 1.57. The Kier molecular flexibility index (Phi) is 6.05. The normalized spacial score (nSPS) is 9.94. The number of methoxy groups -OCH3 is 1. The Bertz CT molecular complexity index is 387. The zero-order chi connectivity index (χ0) is 13.4. The van der Waals surface area contributed by atoms with E-state index < -0.39 is 0 Å².